The summed E-state index contributed by atoms with van der Waals surface area (Å²) in [4.78, 5) is 23.5. The molecule has 0 saturated carbocycles. The van der Waals surface area contributed by atoms with Crippen molar-refractivity contribution >= 4 is 18.3 Å². The zero-order valence-electron chi connectivity index (χ0n) is 6.11. The lowest BCUT2D eigenvalue weighted by Gasteiger charge is -1.91. The summed E-state index contributed by atoms with van der Waals surface area (Å²) in [6.45, 7) is 1.88. The predicted octanol–water partition coefficient (Wildman–Crippen LogP) is 0.688. The van der Waals surface area contributed by atoms with Crippen LogP contribution in [0.25, 0.3) is 0 Å². The summed E-state index contributed by atoms with van der Waals surface area (Å²) in [5.74, 6) is -1.03. The van der Waals surface area contributed by atoms with Gasteiger partial charge in [0.2, 0.25) is 0 Å². The van der Waals surface area contributed by atoms with Crippen LogP contribution >= 0.6 is 0 Å². The van der Waals surface area contributed by atoms with Crippen LogP contribution in [0.2, 0.25) is 0 Å². The van der Waals surface area contributed by atoms with Gasteiger partial charge in [0, 0.05) is 6.21 Å². The molecule has 0 saturated heterocycles. The number of carbonyl (C=O) groups is 2. The van der Waals surface area contributed by atoms with Crippen LogP contribution in [0.4, 0.5) is 4.79 Å². The minimum atomic E-state index is -1.03. The number of carboxylic acid groups (broad SMARTS) is 1. The van der Waals surface area contributed by atoms with Crippen molar-refractivity contribution in [2.45, 2.75) is 13.3 Å². The first kappa shape index (κ1) is 9.61. The average molecular weight is 159 g/mol. The Balaban J connectivity index is 3.56. The van der Waals surface area contributed by atoms with Gasteiger partial charge in [0.1, 0.15) is 0 Å². The van der Waals surface area contributed by atoms with Crippen LogP contribution in [0.5, 0.6) is 0 Å². The maximum atomic E-state index is 10.4. The monoisotopic (exact) mass is 159 g/mol. The summed E-state index contributed by atoms with van der Waals surface area (Å²) >= 11 is 0. The molecule has 1 N–H and O–H groups in total. The van der Waals surface area contributed by atoms with Gasteiger partial charge in [-0.1, -0.05) is 0 Å². The number of rotatable bonds is 3. The first-order chi connectivity index (χ1) is 5.16. The maximum absolute atomic E-state index is 10.4. The maximum Gasteiger partial charge on any atom is 0.433 e. The number of amides is 1. The van der Waals surface area contributed by atoms with Crippen molar-refractivity contribution in [2.75, 3.05) is 6.61 Å². The molecular formula is C6H9NO4. The van der Waals surface area contributed by atoms with E-state index in [0.717, 1.165) is 6.21 Å². The van der Waals surface area contributed by atoms with Crippen LogP contribution in [-0.2, 0) is 9.53 Å². The smallest absolute Gasteiger partial charge is 0.433 e. The highest BCUT2D eigenvalue weighted by Gasteiger charge is 1.95. The van der Waals surface area contributed by atoms with Gasteiger partial charge >= 0.3 is 12.1 Å². The van der Waals surface area contributed by atoms with Crippen LogP contribution in [0.15, 0.2) is 4.99 Å². The molecule has 0 aromatic carbocycles. The Morgan fingerprint density at radius 3 is 2.73 bits per heavy atom. The van der Waals surface area contributed by atoms with Gasteiger partial charge in [-0.05, 0) is 6.92 Å². The molecule has 0 aliphatic rings. The van der Waals surface area contributed by atoms with Gasteiger partial charge in [-0.15, -0.1) is 0 Å². The SMILES string of the molecule is CCOC(=O)N=CCC(=O)O. The second-order valence-electron chi connectivity index (χ2n) is 1.61. The van der Waals surface area contributed by atoms with Gasteiger partial charge in [-0.2, -0.15) is 4.99 Å². The van der Waals surface area contributed by atoms with E-state index in [2.05, 4.69) is 9.73 Å². The van der Waals surface area contributed by atoms with E-state index in [-0.39, 0.29) is 13.0 Å². The van der Waals surface area contributed by atoms with Crippen LogP contribution in [0.1, 0.15) is 13.3 Å². The molecule has 0 aromatic heterocycles. The molecule has 0 aliphatic carbocycles. The molecule has 0 aromatic rings. The average Bonchev–Trinajstić information content (AvgIpc) is 1.87. The second kappa shape index (κ2) is 5.40. The molecule has 0 spiro atoms. The molecule has 0 heterocycles. The third-order valence-corrected chi connectivity index (χ3v) is 0.730. The van der Waals surface area contributed by atoms with Crippen molar-refractivity contribution in [3.8, 4) is 0 Å². The van der Waals surface area contributed by atoms with E-state index in [1.54, 1.807) is 6.92 Å². The Bertz CT molecular complexity index is 175. The molecule has 0 atom stereocenters. The molecule has 0 aliphatic heterocycles. The summed E-state index contributed by atoms with van der Waals surface area (Å²) in [5, 5.41) is 8.11. The molecule has 62 valence electrons. The fourth-order valence-corrected chi connectivity index (χ4v) is 0.359. The van der Waals surface area contributed by atoms with Crippen molar-refractivity contribution in [3.05, 3.63) is 0 Å². The number of carbonyl (C=O) groups excluding carboxylic acids is 1. The zero-order valence-corrected chi connectivity index (χ0v) is 6.11. The second-order valence-corrected chi connectivity index (χ2v) is 1.61. The van der Waals surface area contributed by atoms with Crippen molar-refractivity contribution in [1.29, 1.82) is 0 Å². The Hall–Kier alpha value is -1.39. The summed E-state index contributed by atoms with van der Waals surface area (Å²) in [6, 6.07) is 0. The number of hydrogen-bond acceptors (Lipinski definition) is 3. The summed E-state index contributed by atoms with van der Waals surface area (Å²) in [5.41, 5.74) is 0. The minimum absolute atomic E-state index is 0.239. The van der Waals surface area contributed by atoms with Crippen molar-refractivity contribution < 1.29 is 19.4 Å². The molecule has 1 amide bonds. The Labute approximate surface area is 63.7 Å². The fraction of sp³-hybridized carbons (Fsp3) is 0.500. The highest BCUT2D eigenvalue weighted by Crippen LogP contribution is 1.82. The van der Waals surface area contributed by atoms with E-state index in [0.29, 0.717) is 0 Å². The van der Waals surface area contributed by atoms with E-state index in [1.807, 2.05) is 0 Å². The van der Waals surface area contributed by atoms with Gasteiger partial charge in [-0.25, -0.2) is 4.79 Å². The molecule has 0 rings (SSSR count). The molecule has 0 fully saturated rings. The highest BCUT2D eigenvalue weighted by atomic mass is 16.5. The van der Waals surface area contributed by atoms with Crippen molar-refractivity contribution in [2.24, 2.45) is 4.99 Å². The largest absolute Gasteiger partial charge is 0.481 e. The third-order valence-electron chi connectivity index (χ3n) is 0.730. The Morgan fingerprint density at radius 2 is 2.27 bits per heavy atom. The van der Waals surface area contributed by atoms with Crippen LogP contribution in [-0.4, -0.2) is 30.0 Å². The van der Waals surface area contributed by atoms with Crippen molar-refractivity contribution in [3.63, 3.8) is 0 Å². The lowest BCUT2D eigenvalue weighted by molar-refractivity contribution is -0.135. The normalized spacial score (nSPS) is 9.91. The minimum Gasteiger partial charge on any atom is -0.481 e. The van der Waals surface area contributed by atoms with E-state index in [1.165, 1.54) is 0 Å². The molecule has 5 heteroatoms. The summed E-state index contributed by atoms with van der Waals surface area (Å²) in [6.07, 6.45) is -0.0205. The Morgan fingerprint density at radius 1 is 1.64 bits per heavy atom. The zero-order chi connectivity index (χ0) is 8.69. The van der Waals surface area contributed by atoms with Crippen LogP contribution < -0.4 is 0 Å². The molecule has 11 heavy (non-hydrogen) atoms. The summed E-state index contributed by atoms with van der Waals surface area (Å²) < 4.78 is 4.39. The quantitative estimate of drug-likeness (QED) is 0.614. The first-order valence-electron chi connectivity index (χ1n) is 3.08. The molecule has 5 nitrogen and oxygen atoms in total. The molecule has 0 bridgehead atoms. The number of carboxylic acids is 1. The van der Waals surface area contributed by atoms with Gasteiger partial charge in [0.25, 0.3) is 0 Å². The number of hydrogen-bond donors (Lipinski definition) is 1. The van der Waals surface area contributed by atoms with E-state index in [4.69, 9.17) is 5.11 Å². The molecular weight excluding hydrogens is 150 g/mol. The number of aliphatic carboxylic acids is 1. The molecule has 0 unspecified atom stereocenters. The topological polar surface area (TPSA) is 76.0 Å². The standard InChI is InChI=1S/C6H9NO4/c1-2-11-6(10)7-4-3-5(8)9/h4H,2-3H2,1H3,(H,8,9). The Kier molecular flexibility index (Phi) is 4.72. The van der Waals surface area contributed by atoms with Crippen molar-refractivity contribution in [1.82, 2.24) is 0 Å². The summed E-state index contributed by atoms with van der Waals surface area (Å²) in [7, 11) is 0. The fourth-order valence-electron chi connectivity index (χ4n) is 0.359. The van der Waals surface area contributed by atoms with Crippen LogP contribution in [0.3, 0.4) is 0 Å². The highest BCUT2D eigenvalue weighted by molar-refractivity contribution is 5.89. The van der Waals surface area contributed by atoms with Gasteiger partial charge in [0.15, 0.2) is 0 Å². The lowest BCUT2D eigenvalue weighted by Crippen LogP contribution is -2.00. The third kappa shape index (κ3) is 6.50. The van der Waals surface area contributed by atoms with Gasteiger partial charge in [-0.3, -0.25) is 4.79 Å². The number of ether oxygens (including phenoxy) is 1. The molecule has 0 radical (unpaired) electrons. The number of nitrogens with zero attached hydrogens (tertiary/aromatic N) is 1. The van der Waals surface area contributed by atoms with E-state index < -0.39 is 12.1 Å². The van der Waals surface area contributed by atoms with E-state index in [9.17, 15) is 9.59 Å². The van der Waals surface area contributed by atoms with Gasteiger partial charge in [0.05, 0.1) is 13.0 Å². The predicted molar refractivity (Wildman–Crippen MR) is 37.8 cm³/mol. The lowest BCUT2D eigenvalue weighted by atomic mass is 10.5. The van der Waals surface area contributed by atoms with E-state index >= 15 is 0 Å². The number of aliphatic imine (C=N–C) groups is 1. The first-order valence-corrected chi connectivity index (χ1v) is 3.08. The van der Waals surface area contributed by atoms with Gasteiger partial charge < -0.3 is 9.84 Å². The van der Waals surface area contributed by atoms with Crippen LogP contribution in [0, 0.1) is 0 Å².